The highest BCUT2D eigenvalue weighted by molar-refractivity contribution is 9.10. The van der Waals surface area contributed by atoms with Crippen molar-refractivity contribution in [3.05, 3.63) is 63.9 Å². The fraction of sp³-hybridized carbons (Fsp3) is 0.389. The van der Waals surface area contributed by atoms with Crippen LogP contribution in [-0.2, 0) is 13.1 Å². The van der Waals surface area contributed by atoms with Crippen molar-refractivity contribution in [2.45, 2.75) is 31.6 Å². The lowest BCUT2D eigenvalue weighted by molar-refractivity contribution is -0.0782. The second kappa shape index (κ2) is 6.50. The molecule has 6 heteroatoms. The second-order valence-corrected chi connectivity index (χ2v) is 7.53. The van der Waals surface area contributed by atoms with Crippen LogP contribution in [0.25, 0.3) is 0 Å². The molecule has 4 heterocycles. The molecule has 24 heavy (non-hydrogen) atoms. The van der Waals surface area contributed by atoms with E-state index in [1.54, 1.807) is 0 Å². The Bertz CT molecular complexity index is 726. The van der Waals surface area contributed by atoms with Crippen molar-refractivity contribution in [1.29, 1.82) is 0 Å². The molecule has 1 aromatic heterocycles. The Labute approximate surface area is 148 Å². The minimum absolute atomic E-state index is 0.322. The second-order valence-electron chi connectivity index (χ2n) is 6.61. The standard InChI is InChI=1S/C18H18BrF2N3/c19-13-1-3-15(22-7-13)9-23-10-16-6-17(11-23)24(16)8-12-5-14(20)2-4-18(12)21/h1-5,7,16-17H,6,8-11H2. The number of piperazine rings is 1. The molecule has 3 aliphatic rings. The van der Waals surface area contributed by atoms with E-state index in [0.717, 1.165) is 36.2 Å². The highest BCUT2D eigenvalue weighted by atomic mass is 79.9. The maximum Gasteiger partial charge on any atom is 0.127 e. The SMILES string of the molecule is Fc1ccc(F)c(CN2C3CC2CN(Cc2ccc(Br)cn2)C3)c1. The molecule has 3 aliphatic heterocycles. The van der Waals surface area contributed by atoms with Crippen LogP contribution in [-0.4, -0.2) is 40.0 Å². The first kappa shape index (κ1) is 16.1. The molecule has 3 fully saturated rings. The van der Waals surface area contributed by atoms with E-state index in [-0.39, 0.29) is 11.6 Å². The Morgan fingerprint density at radius 2 is 1.88 bits per heavy atom. The first-order valence-corrected chi connectivity index (χ1v) is 8.90. The van der Waals surface area contributed by atoms with Gasteiger partial charge in [0.25, 0.3) is 0 Å². The van der Waals surface area contributed by atoms with Crippen molar-refractivity contribution in [1.82, 2.24) is 14.8 Å². The normalized spacial score (nSPS) is 24.0. The maximum atomic E-state index is 13.8. The van der Waals surface area contributed by atoms with Crippen molar-refractivity contribution < 1.29 is 8.78 Å². The third kappa shape index (κ3) is 3.23. The van der Waals surface area contributed by atoms with E-state index in [9.17, 15) is 8.78 Å². The number of halogens is 3. The molecule has 0 aliphatic carbocycles. The summed E-state index contributed by atoms with van der Waals surface area (Å²) >= 11 is 3.40. The quantitative estimate of drug-likeness (QED) is 0.791. The van der Waals surface area contributed by atoms with E-state index in [2.05, 4.69) is 30.7 Å². The molecule has 0 amide bonds. The molecule has 0 spiro atoms. The lowest BCUT2D eigenvalue weighted by Gasteiger charge is -2.56. The molecule has 5 rings (SSSR count). The lowest BCUT2D eigenvalue weighted by Crippen LogP contribution is -2.67. The topological polar surface area (TPSA) is 19.4 Å². The summed E-state index contributed by atoms with van der Waals surface area (Å²) in [7, 11) is 0. The molecular formula is C18H18BrF2N3. The van der Waals surface area contributed by atoms with Gasteiger partial charge in [0.15, 0.2) is 0 Å². The Morgan fingerprint density at radius 3 is 2.58 bits per heavy atom. The third-order valence-corrected chi connectivity index (χ3v) is 5.42. The zero-order valence-corrected chi connectivity index (χ0v) is 14.7. The van der Waals surface area contributed by atoms with Gasteiger partial charge in [0.05, 0.1) is 5.69 Å². The largest absolute Gasteiger partial charge is 0.294 e. The van der Waals surface area contributed by atoms with E-state index >= 15 is 0 Å². The van der Waals surface area contributed by atoms with E-state index in [1.165, 1.54) is 18.2 Å². The van der Waals surface area contributed by atoms with Crippen LogP contribution in [0.5, 0.6) is 0 Å². The fourth-order valence-electron chi connectivity index (χ4n) is 3.75. The van der Waals surface area contributed by atoms with Gasteiger partial charge >= 0.3 is 0 Å². The van der Waals surface area contributed by atoms with E-state index in [0.29, 0.717) is 24.2 Å². The molecule has 0 saturated carbocycles. The molecule has 2 aromatic rings. The maximum absolute atomic E-state index is 13.8. The zero-order chi connectivity index (χ0) is 16.7. The number of hydrogen-bond acceptors (Lipinski definition) is 3. The summed E-state index contributed by atoms with van der Waals surface area (Å²) in [4.78, 5) is 9.12. The van der Waals surface area contributed by atoms with Crippen LogP contribution in [0.1, 0.15) is 17.7 Å². The van der Waals surface area contributed by atoms with Crippen LogP contribution in [0, 0.1) is 11.6 Å². The fourth-order valence-corrected chi connectivity index (χ4v) is 3.99. The number of pyridine rings is 1. The van der Waals surface area contributed by atoms with Crippen molar-refractivity contribution in [2.75, 3.05) is 13.1 Å². The van der Waals surface area contributed by atoms with Crippen LogP contribution >= 0.6 is 15.9 Å². The molecule has 3 saturated heterocycles. The molecule has 0 radical (unpaired) electrons. The molecule has 0 N–H and O–H groups in total. The number of piperidine rings is 1. The first-order chi connectivity index (χ1) is 11.6. The molecule has 3 nitrogen and oxygen atoms in total. The summed E-state index contributed by atoms with van der Waals surface area (Å²) < 4.78 is 28.2. The average Bonchev–Trinajstić information content (AvgIpc) is 2.58. The summed E-state index contributed by atoms with van der Waals surface area (Å²) in [5.41, 5.74) is 1.51. The summed E-state index contributed by atoms with van der Waals surface area (Å²) in [6.45, 7) is 3.22. The molecule has 1 aromatic carbocycles. The number of rotatable bonds is 4. The van der Waals surface area contributed by atoms with Crippen molar-refractivity contribution in [3.8, 4) is 0 Å². The van der Waals surface area contributed by atoms with Crippen LogP contribution in [0.3, 0.4) is 0 Å². The molecule has 2 unspecified atom stereocenters. The third-order valence-electron chi connectivity index (χ3n) is 4.96. The van der Waals surface area contributed by atoms with Gasteiger partial charge in [0, 0.05) is 54.5 Å². The smallest absolute Gasteiger partial charge is 0.127 e. The highest BCUT2D eigenvalue weighted by Crippen LogP contribution is 2.34. The molecule has 126 valence electrons. The Kier molecular flexibility index (Phi) is 4.37. The first-order valence-electron chi connectivity index (χ1n) is 8.11. The lowest BCUT2D eigenvalue weighted by atomic mass is 9.86. The van der Waals surface area contributed by atoms with Gasteiger partial charge in [0.2, 0.25) is 0 Å². The van der Waals surface area contributed by atoms with E-state index in [4.69, 9.17) is 0 Å². The number of aromatic nitrogens is 1. The number of fused-ring (bicyclic) bond motifs is 2. The molecule has 2 atom stereocenters. The minimum Gasteiger partial charge on any atom is -0.294 e. The van der Waals surface area contributed by atoms with E-state index < -0.39 is 0 Å². The highest BCUT2D eigenvalue weighted by Gasteiger charge is 2.44. The summed E-state index contributed by atoms with van der Waals surface area (Å²) in [5.74, 6) is -0.697. The van der Waals surface area contributed by atoms with Gasteiger partial charge in [-0.1, -0.05) is 0 Å². The monoisotopic (exact) mass is 393 g/mol. The van der Waals surface area contributed by atoms with Crippen LogP contribution < -0.4 is 0 Å². The van der Waals surface area contributed by atoms with Crippen LogP contribution in [0.15, 0.2) is 41.0 Å². The van der Waals surface area contributed by atoms with Gasteiger partial charge < -0.3 is 0 Å². The van der Waals surface area contributed by atoms with Gasteiger partial charge in [-0.15, -0.1) is 0 Å². The Morgan fingerprint density at radius 1 is 1.08 bits per heavy atom. The molecular weight excluding hydrogens is 376 g/mol. The predicted octanol–water partition coefficient (Wildman–Crippen LogP) is 3.58. The summed E-state index contributed by atoms with van der Waals surface area (Å²) in [5, 5.41) is 0. The Balaban J connectivity index is 1.38. The van der Waals surface area contributed by atoms with Gasteiger partial charge in [0.1, 0.15) is 11.6 Å². The van der Waals surface area contributed by atoms with Crippen molar-refractivity contribution in [2.24, 2.45) is 0 Å². The van der Waals surface area contributed by atoms with E-state index in [1.807, 2.05) is 18.3 Å². The Hall–Kier alpha value is -1.37. The van der Waals surface area contributed by atoms with Crippen LogP contribution in [0.2, 0.25) is 0 Å². The van der Waals surface area contributed by atoms with Crippen molar-refractivity contribution >= 4 is 15.9 Å². The number of benzene rings is 1. The van der Waals surface area contributed by atoms with Gasteiger partial charge in [-0.3, -0.25) is 14.8 Å². The zero-order valence-electron chi connectivity index (χ0n) is 13.1. The summed E-state index contributed by atoms with van der Waals surface area (Å²) in [6.07, 6.45) is 2.96. The van der Waals surface area contributed by atoms with Gasteiger partial charge in [-0.2, -0.15) is 0 Å². The number of hydrogen-bond donors (Lipinski definition) is 0. The summed E-state index contributed by atoms with van der Waals surface area (Å²) in [6, 6.07) is 8.57. The predicted molar refractivity (Wildman–Crippen MR) is 91.3 cm³/mol. The number of nitrogens with zero attached hydrogens (tertiary/aromatic N) is 3. The van der Waals surface area contributed by atoms with Crippen molar-refractivity contribution in [3.63, 3.8) is 0 Å². The van der Waals surface area contributed by atoms with Crippen LogP contribution in [0.4, 0.5) is 8.78 Å². The molecule has 2 bridgehead atoms. The average molecular weight is 394 g/mol. The minimum atomic E-state index is -0.375. The van der Waals surface area contributed by atoms with Gasteiger partial charge in [-0.05, 0) is 52.7 Å². The van der Waals surface area contributed by atoms with Gasteiger partial charge in [-0.25, -0.2) is 8.78 Å².